The molecule has 2 rings (SSSR count). The van der Waals surface area contributed by atoms with Crippen LogP contribution in [0, 0.1) is 0 Å². The molecule has 0 aliphatic rings. The quantitative estimate of drug-likeness (QED) is 0.859. The van der Waals surface area contributed by atoms with Gasteiger partial charge in [-0.05, 0) is 39.0 Å². The highest BCUT2D eigenvalue weighted by Gasteiger charge is 2.14. The number of aromatic nitrogens is 1. The number of hydrogen-bond acceptors (Lipinski definition) is 3. The van der Waals surface area contributed by atoms with Gasteiger partial charge in [-0.15, -0.1) is 0 Å². The zero-order chi connectivity index (χ0) is 10.8. The molecule has 2 heterocycles. The Hall–Kier alpha value is -0.420. The Morgan fingerprint density at radius 2 is 2.27 bits per heavy atom. The first-order chi connectivity index (χ1) is 7.18. The van der Waals surface area contributed by atoms with Crippen molar-refractivity contribution in [3.05, 3.63) is 49.8 Å². The van der Waals surface area contributed by atoms with Crippen molar-refractivity contribution >= 4 is 38.9 Å². The first-order valence-corrected chi connectivity index (χ1v) is 6.31. The second kappa shape index (κ2) is 4.61. The van der Waals surface area contributed by atoms with Crippen LogP contribution in [0.1, 0.15) is 17.2 Å². The van der Waals surface area contributed by atoms with E-state index in [1.54, 1.807) is 18.3 Å². The lowest BCUT2D eigenvalue weighted by atomic mass is 10.1. The van der Waals surface area contributed by atoms with Gasteiger partial charge in [0.1, 0.15) is 11.3 Å². The molecule has 15 heavy (non-hydrogen) atoms. The van der Waals surface area contributed by atoms with Crippen molar-refractivity contribution in [2.45, 2.75) is 6.10 Å². The normalized spacial score (nSPS) is 12.7. The minimum Gasteiger partial charge on any atom is -0.384 e. The molecular formula is C10H7BrClNOS. The van der Waals surface area contributed by atoms with Gasteiger partial charge >= 0.3 is 0 Å². The van der Waals surface area contributed by atoms with Gasteiger partial charge in [-0.2, -0.15) is 11.3 Å². The van der Waals surface area contributed by atoms with Gasteiger partial charge in [-0.1, -0.05) is 11.6 Å². The maximum Gasteiger partial charge on any atom is 0.129 e. The van der Waals surface area contributed by atoms with E-state index in [4.69, 9.17) is 11.6 Å². The Labute approximate surface area is 105 Å². The van der Waals surface area contributed by atoms with Gasteiger partial charge < -0.3 is 5.11 Å². The van der Waals surface area contributed by atoms with E-state index in [9.17, 15) is 5.11 Å². The lowest BCUT2D eigenvalue weighted by Crippen LogP contribution is -1.98. The molecule has 0 saturated carbocycles. The molecule has 5 heteroatoms. The summed E-state index contributed by atoms with van der Waals surface area (Å²) in [5, 5.41) is 14.3. The SMILES string of the molecule is OC(c1ccnc(Cl)c1)c1cscc1Br. The monoisotopic (exact) mass is 303 g/mol. The summed E-state index contributed by atoms with van der Waals surface area (Å²) in [6.45, 7) is 0. The van der Waals surface area contributed by atoms with Crippen molar-refractivity contribution in [3.63, 3.8) is 0 Å². The van der Waals surface area contributed by atoms with Gasteiger partial charge in [-0.25, -0.2) is 4.98 Å². The molecular weight excluding hydrogens is 298 g/mol. The largest absolute Gasteiger partial charge is 0.384 e. The van der Waals surface area contributed by atoms with E-state index in [0.29, 0.717) is 5.15 Å². The van der Waals surface area contributed by atoms with Crippen LogP contribution < -0.4 is 0 Å². The molecule has 0 radical (unpaired) electrons. The average molecular weight is 305 g/mol. The van der Waals surface area contributed by atoms with E-state index in [-0.39, 0.29) is 0 Å². The van der Waals surface area contributed by atoms with Crippen LogP contribution in [-0.4, -0.2) is 10.1 Å². The van der Waals surface area contributed by atoms with E-state index in [1.807, 2.05) is 10.8 Å². The van der Waals surface area contributed by atoms with Crippen LogP contribution in [-0.2, 0) is 0 Å². The third-order valence-electron chi connectivity index (χ3n) is 2.00. The molecule has 1 unspecified atom stereocenters. The number of thiophene rings is 1. The summed E-state index contributed by atoms with van der Waals surface area (Å²) < 4.78 is 0.910. The fourth-order valence-corrected chi connectivity index (χ4v) is 2.97. The van der Waals surface area contributed by atoms with Crippen molar-refractivity contribution in [2.75, 3.05) is 0 Å². The number of aliphatic hydroxyl groups is 1. The van der Waals surface area contributed by atoms with E-state index >= 15 is 0 Å². The van der Waals surface area contributed by atoms with Crippen LogP contribution in [0.15, 0.2) is 33.6 Å². The standard InChI is InChI=1S/C10H7BrClNOS/c11-8-5-15-4-7(8)10(14)6-1-2-13-9(12)3-6/h1-5,10,14H. The van der Waals surface area contributed by atoms with E-state index < -0.39 is 6.10 Å². The van der Waals surface area contributed by atoms with Gasteiger partial charge in [0.2, 0.25) is 0 Å². The zero-order valence-electron chi connectivity index (χ0n) is 7.52. The smallest absolute Gasteiger partial charge is 0.129 e. The van der Waals surface area contributed by atoms with E-state index in [0.717, 1.165) is 15.6 Å². The summed E-state index contributed by atoms with van der Waals surface area (Å²) in [5.74, 6) is 0. The lowest BCUT2D eigenvalue weighted by Gasteiger charge is -2.10. The summed E-state index contributed by atoms with van der Waals surface area (Å²) in [5.41, 5.74) is 1.59. The van der Waals surface area contributed by atoms with Crippen molar-refractivity contribution < 1.29 is 5.11 Å². The van der Waals surface area contributed by atoms with Crippen LogP contribution in [0.2, 0.25) is 5.15 Å². The molecule has 1 atom stereocenters. The minimum absolute atomic E-state index is 0.387. The number of rotatable bonds is 2. The molecule has 0 saturated heterocycles. The number of hydrogen-bond donors (Lipinski definition) is 1. The van der Waals surface area contributed by atoms with E-state index in [1.165, 1.54) is 11.3 Å². The minimum atomic E-state index is -0.661. The zero-order valence-corrected chi connectivity index (χ0v) is 10.7. The fourth-order valence-electron chi connectivity index (χ4n) is 1.25. The van der Waals surface area contributed by atoms with Crippen LogP contribution >= 0.6 is 38.9 Å². The number of nitrogens with zero attached hydrogens (tertiary/aromatic N) is 1. The second-order valence-corrected chi connectivity index (χ2v) is 4.97. The van der Waals surface area contributed by atoms with Gasteiger partial charge in [0.15, 0.2) is 0 Å². The molecule has 1 N–H and O–H groups in total. The van der Waals surface area contributed by atoms with Crippen molar-refractivity contribution in [2.24, 2.45) is 0 Å². The van der Waals surface area contributed by atoms with Gasteiger partial charge in [-0.3, -0.25) is 0 Å². The van der Waals surface area contributed by atoms with Gasteiger partial charge in [0, 0.05) is 21.6 Å². The molecule has 0 bridgehead atoms. The fraction of sp³-hybridized carbons (Fsp3) is 0.100. The van der Waals surface area contributed by atoms with Crippen molar-refractivity contribution in [3.8, 4) is 0 Å². The second-order valence-electron chi connectivity index (χ2n) is 2.99. The number of aliphatic hydroxyl groups excluding tert-OH is 1. The van der Waals surface area contributed by atoms with E-state index in [2.05, 4.69) is 20.9 Å². The molecule has 0 aliphatic heterocycles. The van der Waals surface area contributed by atoms with Crippen LogP contribution in [0.25, 0.3) is 0 Å². The Bertz CT molecular complexity index is 474. The third kappa shape index (κ3) is 2.39. The number of halogens is 2. The predicted octanol–water partition coefficient (Wildman–Crippen LogP) is 3.64. The summed E-state index contributed by atoms with van der Waals surface area (Å²) in [4.78, 5) is 3.87. The van der Waals surface area contributed by atoms with Crippen LogP contribution in [0.5, 0.6) is 0 Å². The summed E-state index contributed by atoms with van der Waals surface area (Å²) in [6, 6.07) is 3.41. The van der Waals surface area contributed by atoms with Crippen molar-refractivity contribution in [1.29, 1.82) is 0 Å². The maximum absolute atomic E-state index is 10.1. The summed E-state index contributed by atoms with van der Waals surface area (Å²) >= 11 is 10.7. The third-order valence-corrected chi connectivity index (χ3v) is 3.96. The molecule has 0 aliphatic carbocycles. The molecule has 2 aromatic rings. The number of pyridine rings is 1. The van der Waals surface area contributed by atoms with Crippen molar-refractivity contribution in [1.82, 2.24) is 4.98 Å². The Kier molecular flexibility index (Phi) is 3.41. The summed E-state index contributed by atoms with van der Waals surface area (Å²) in [7, 11) is 0. The average Bonchev–Trinajstić information content (AvgIpc) is 2.63. The highest BCUT2D eigenvalue weighted by molar-refractivity contribution is 9.10. The van der Waals surface area contributed by atoms with Crippen LogP contribution in [0.3, 0.4) is 0 Å². The molecule has 78 valence electrons. The highest BCUT2D eigenvalue weighted by atomic mass is 79.9. The predicted molar refractivity (Wildman–Crippen MR) is 65.3 cm³/mol. The maximum atomic E-state index is 10.1. The van der Waals surface area contributed by atoms with Crippen LogP contribution in [0.4, 0.5) is 0 Å². The first-order valence-electron chi connectivity index (χ1n) is 4.19. The first kappa shape index (κ1) is 11.1. The molecule has 0 aromatic carbocycles. The topological polar surface area (TPSA) is 33.1 Å². The van der Waals surface area contributed by atoms with Gasteiger partial charge in [0.25, 0.3) is 0 Å². The molecule has 2 nitrogen and oxygen atoms in total. The molecule has 0 fully saturated rings. The lowest BCUT2D eigenvalue weighted by molar-refractivity contribution is 0.220. The Balaban J connectivity index is 2.36. The molecule has 0 amide bonds. The molecule has 0 spiro atoms. The summed E-state index contributed by atoms with van der Waals surface area (Å²) in [6.07, 6.45) is 0.923. The van der Waals surface area contributed by atoms with Gasteiger partial charge in [0.05, 0.1) is 0 Å². The highest BCUT2D eigenvalue weighted by Crippen LogP contribution is 2.31. The Morgan fingerprint density at radius 1 is 1.47 bits per heavy atom. The Morgan fingerprint density at radius 3 is 2.87 bits per heavy atom. The molecule has 2 aromatic heterocycles.